The molecule has 0 bridgehead atoms. The molecule has 16 heavy (non-hydrogen) atoms. The minimum atomic E-state index is 0.719. The molecule has 0 saturated heterocycles. The van der Waals surface area contributed by atoms with E-state index in [0.29, 0.717) is 0 Å². The summed E-state index contributed by atoms with van der Waals surface area (Å²) in [5.41, 5.74) is 9.69. The molecular weight excluding hydrogens is 196 g/mol. The number of aryl methyl sites for hydroxylation is 2. The molecule has 90 valence electrons. The summed E-state index contributed by atoms with van der Waals surface area (Å²) in [6, 6.07) is 6.64. The van der Waals surface area contributed by atoms with Gasteiger partial charge in [0, 0.05) is 25.3 Å². The fourth-order valence-electron chi connectivity index (χ4n) is 2.02. The van der Waals surface area contributed by atoms with Crippen molar-refractivity contribution in [3.05, 3.63) is 29.3 Å². The molecule has 0 saturated carbocycles. The van der Waals surface area contributed by atoms with Crippen LogP contribution in [0.1, 0.15) is 30.9 Å². The van der Waals surface area contributed by atoms with Crippen LogP contribution < -0.4 is 10.6 Å². The highest BCUT2D eigenvalue weighted by atomic mass is 15.1. The van der Waals surface area contributed by atoms with Crippen molar-refractivity contribution in [2.24, 2.45) is 5.73 Å². The molecule has 2 N–H and O–H groups in total. The van der Waals surface area contributed by atoms with Crippen LogP contribution in [0.5, 0.6) is 0 Å². The largest absolute Gasteiger partial charge is 0.370 e. The van der Waals surface area contributed by atoms with Crippen LogP contribution in [0.4, 0.5) is 5.69 Å². The van der Waals surface area contributed by atoms with Crippen molar-refractivity contribution in [1.29, 1.82) is 0 Å². The van der Waals surface area contributed by atoms with Gasteiger partial charge in [0.05, 0.1) is 0 Å². The Morgan fingerprint density at radius 2 is 1.94 bits per heavy atom. The number of hydrogen-bond acceptors (Lipinski definition) is 2. The van der Waals surface area contributed by atoms with E-state index in [4.69, 9.17) is 5.73 Å². The Bertz CT molecular complexity index is 321. The Kier molecular flexibility index (Phi) is 5.33. The molecule has 1 aromatic carbocycles. The summed E-state index contributed by atoms with van der Waals surface area (Å²) in [6.07, 6.45) is 2.46. The molecule has 0 aliphatic heterocycles. The van der Waals surface area contributed by atoms with Crippen molar-refractivity contribution in [2.45, 2.75) is 33.6 Å². The number of rotatable bonds is 6. The molecular formula is C14H24N2. The fraction of sp³-hybridized carbons (Fsp3) is 0.571. The molecule has 2 nitrogen and oxygen atoms in total. The topological polar surface area (TPSA) is 29.3 Å². The van der Waals surface area contributed by atoms with E-state index >= 15 is 0 Å². The third kappa shape index (κ3) is 3.53. The average Bonchev–Trinajstić information content (AvgIpc) is 2.25. The van der Waals surface area contributed by atoms with Gasteiger partial charge in [0.1, 0.15) is 0 Å². The van der Waals surface area contributed by atoms with Crippen molar-refractivity contribution in [3.8, 4) is 0 Å². The van der Waals surface area contributed by atoms with Gasteiger partial charge >= 0.3 is 0 Å². The number of benzene rings is 1. The zero-order valence-corrected chi connectivity index (χ0v) is 10.8. The lowest BCUT2D eigenvalue weighted by Crippen LogP contribution is -2.30. The third-order valence-electron chi connectivity index (χ3n) is 2.87. The molecule has 0 spiro atoms. The van der Waals surface area contributed by atoms with Gasteiger partial charge in [-0.2, -0.15) is 0 Å². The SMILES string of the molecule is CCCCN(CCN)c1ccc(C)cc1C. The van der Waals surface area contributed by atoms with Crippen molar-refractivity contribution >= 4 is 5.69 Å². The molecule has 0 aliphatic rings. The van der Waals surface area contributed by atoms with E-state index in [1.165, 1.54) is 29.7 Å². The highest BCUT2D eigenvalue weighted by molar-refractivity contribution is 5.54. The second kappa shape index (κ2) is 6.54. The van der Waals surface area contributed by atoms with Gasteiger partial charge in [-0.25, -0.2) is 0 Å². The van der Waals surface area contributed by atoms with Gasteiger partial charge in [0.25, 0.3) is 0 Å². The summed E-state index contributed by atoms with van der Waals surface area (Å²) in [5, 5.41) is 0. The van der Waals surface area contributed by atoms with E-state index < -0.39 is 0 Å². The first-order chi connectivity index (χ1) is 7.69. The molecule has 2 heteroatoms. The van der Waals surface area contributed by atoms with Gasteiger partial charge in [0.2, 0.25) is 0 Å². The maximum absolute atomic E-state index is 5.68. The molecule has 1 rings (SSSR count). The second-order valence-electron chi connectivity index (χ2n) is 4.42. The first kappa shape index (κ1) is 13.0. The summed E-state index contributed by atoms with van der Waals surface area (Å²) in [4.78, 5) is 2.40. The van der Waals surface area contributed by atoms with Crippen LogP contribution in [0, 0.1) is 13.8 Å². The molecule has 0 aliphatic carbocycles. The van der Waals surface area contributed by atoms with E-state index in [-0.39, 0.29) is 0 Å². The van der Waals surface area contributed by atoms with Crippen molar-refractivity contribution < 1.29 is 0 Å². The van der Waals surface area contributed by atoms with Crippen molar-refractivity contribution in [3.63, 3.8) is 0 Å². The van der Waals surface area contributed by atoms with Crippen LogP contribution in [0.15, 0.2) is 18.2 Å². The Hall–Kier alpha value is -1.02. The van der Waals surface area contributed by atoms with E-state index in [9.17, 15) is 0 Å². The number of nitrogens with zero attached hydrogens (tertiary/aromatic N) is 1. The molecule has 0 aromatic heterocycles. The third-order valence-corrected chi connectivity index (χ3v) is 2.87. The van der Waals surface area contributed by atoms with Crippen LogP contribution in [-0.4, -0.2) is 19.6 Å². The molecule has 0 heterocycles. The first-order valence-electron chi connectivity index (χ1n) is 6.21. The van der Waals surface area contributed by atoms with Crippen molar-refractivity contribution in [2.75, 3.05) is 24.5 Å². The molecule has 0 atom stereocenters. The zero-order chi connectivity index (χ0) is 12.0. The Balaban J connectivity index is 2.82. The fourth-order valence-corrected chi connectivity index (χ4v) is 2.02. The lowest BCUT2D eigenvalue weighted by Gasteiger charge is -2.26. The van der Waals surface area contributed by atoms with Crippen LogP contribution in [0.25, 0.3) is 0 Å². The maximum Gasteiger partial charge on any atom is 0.0396 e. The van der Waals surface area contributed by atoms with E-state index in [2.05, 4.69) is 43.9 Å². The summed E-state index contributed by atoms with van der Waals surface area (Å²) in [6.45, 7) is 9.31. The summed E-state index contributed by atoms with van der Waals surface area (Å²) in [7, 11) is 0. The normalized spacial score (nSPS) is 10.5. The van der Waals surface area contributed by atoms with Crippen LogP contribution in [-0.2, 0) is 0 Å². The number of hydrogen-bond donors (Lipinski definition) is 1. The van der Waals surface area contributed by atoms with E-state index in [0.717, 1.165) is 19.6 Å². The Morgan fingerprint density at radius 3 is 2.50 bits per heavy atom. The predicted octanol–water partition coefficient (Wildman–Crippen LogP) is 2.87. The standard InChI is InChI=1S/C14H24N2/c1-4-5-9-16(10-8-15)14-7-6-12(2)11-13(14)3/h6-7,11H,4-5,8-10,15H2,1-3H3. The van der Waals surface area contributed by atoms with E-state index in [1.807, 2.05) is 0 Å². The van der Waals surface area contributed by atoms with Crippen LogP contribution >= 0.6 is 0 Å². The summed E-state index contributed by atoms with van der Waals surface area (Å²) < 4.78 is 0. The molecule has 0 amide bonds. The van der Waals surface area contributed by atoms with Gasteiger partial charge in [-0.3, -0.25) is 0 Å². The average molecular weight is 220 g/mol. The highest BCUT2D eigenvalue weighted by Crippen LogP contribution is 2.21. The monoisotopic (exact) mass is 220 g/mol. The van der Waals surface area contributed by atoms with Crippen LogP contribution in [0.3, 0.4) is 0 Å². The van der Waals surface area contributed by atoms with Gasteiger partial charge in [-0.05, 0) is 31.9 Å². The Morgan fingerprint density at radius 1 is 1.19 bits per heavy atom. The zero-order valence-electron chi connectivity index (χ0n) is 10.8. The van der Waals surface area contributed by atoms with Gasteiger partial charge in [-0.1, -0.05) is 31.0 Å². The minimum absolute atomic E-state index is 0.719. The van der Waals surface area contributed by atoms with E-state index in [1.54, 1.807) is 0 Å². The molecule has 0 unspecified atom stereocenters. The van der Waals surface area contributed by atoms with Gasteiger partial charge < -0.3 is 10.6 Å². The van der Waals surface area contributed by atoms with Crippen molar-refractivity contribution in [1.82, 2.24) is 0 Å². The highest BCUT2D eigenvalue weighted by Gasteiger charge is 2.07. The van der Waals surface area contributed by atoms with Crippen LogP contribution in [0.2, 0.25) is 0 Å². The minimum Gasteiger partial charge on any atom is -0.370 e. The van der Waals surface area contributed by atoms with Gasteiger partial charge in [-0.15, -0.1) is 0 Å². The lowest BCUT2D eigenvalue weighted by atomic mass is 10.1. The summed E-state index contributed by atoms with van der Waals surface area (Å²) >= 11 is 0. The predicted molar refractivity (Wildman–Crippen MR) is 72.1 cm³/mol. The summed E-state index contributed by atoms with van der Waals surface area (Å²) in [5.74, 6) is 0. The quantitative estimate of drug-likeness (QED) is 0.798. The Labute approximate surface area is 99.5 Å². The molecule has 0 radical (unpaired) electrons. The molecule has 0 fully saturated rings. The lowest BCUT2D eigenvalue weighted by molar-refractivity contribution is 0.714. The number of nitrogens with two attached hydrogens (primary N) is 1. The second-order valence-corrected chi connectivity index (χ2v) is 4.42. The van der Waals surface area contributed by atoms with Gasteiger partial charge in [0.15, 0.2) is 0 Å². The molecule has 1 aromatic rings. The first-order valence-corrected chi connectivity index (χ1v) is 6.21. The maximum atomic E-state index is 5.68. The number of unbranched alkanes of at least 4 members (excludes halogenated alkanes) is 1. The smallest absolute Gasteiger partial charge is 0.0396 e. The number of anilines is 1.